The van der Waals surface area contributed by atoms with Gasteiger partial charge in [-0.1, -0.05) is 60.6 Å². The Morgan fingerprint density at radius 1 is 1.14 bits per heavy atom. The molecule has 0 aliphatic carbocycles. The SMILES string of the molecule is CC(Cc1ccccc1)C(C)(C(=O)O)[C@H]1C[C@@H](CS(=O)(=O)c2nnnn2-c2ccccc2)OC(C)(C)O1. The van der Waals surface area contributed by atoms with Gasteiger partial charge in [0.05, 0.1) is 29.1 Å². The van der Waals surface area contributed by atoms with E-state index in [0.717, 1.165) is 5.56 Å². The van der Waals surface area contributed by atoms with Crippen molar-refractivity contribution in [2.75, 3.05) is 5.75 Å². The third-order valence-electron chi connectivity index (χ3n) is 7.02. The lowest BCUT2D eigenvalue weighted by Gasteiger charge is -2.48. The molecule has 1 aliphatic heterocycles. The molecule has 37 heavy (non-hydrogen) atoms. The van der Waals surface area contributed by atoms with E-state index in [2.05, 4.69) is 15.5 Å². The van der Waals surface area contributed by atoms with Crippen molar-refractivity contribution >= 4 is 15.8 Å². The normalized spacial score (nSPS) is 22.2. The molecule has 1 fully saturated rings. The van der Waals surface area contributed by atoms with Crippen LogP contribution in [0.3, 0.4) is 0 Å². The fourth-order valence-electron chi connectivity index (χ4n) is 4.84. The van der Waals surface area contributed by atoms with Crippen molar-refractivity contribution in [3.05, 3.63) is 66.2 Å². The smallest absolute Gasteiger partial charge is 0.312 e. The Labute approximate surface area is 216 Å². The van der Waals surface area contributed by atoms with E-state index in [4.69, 9.17) is 9.47 Å². The van der Waals surface area contributed by atoms with Crippen LogP contribution in [0.2, 0.25) is 0 Å². The number of tetrazole rings is 1. The summed E-state index contributed by atoms with van der Waals surface area (Å²) in [6, 6.07) is 18.4. The first kappa shape index (κ1) is 26.9. The van der Waals surface area contributed by atoms with Gasteiger partial charge in [0.15, 0.2) is 5.79 Å². The molecule has 4 atom stereocenters. The van der Waals surface area contributed by atoms with Gasteiger partial charge in [0, 0.05) is 6.42 Å². The summed E-state index contributed by atoms with van der Waals surface area (Å²) < 4.78 is 40.2. The minimum absolute atomic E-state index is 0.0808. The number of aliphatic carboxylic acids is 1. The zero-order valence-corrected chi connectivity index (χ0v) is 22.1. The Morgan fingerprint density at radius 2 is 1.76 bits per heavy atom. The highest BCUT2D eigenvalue weighted by Crippen LogP contribution is 2.43. The molecule has 0 saturated carbocycles. The zero-order chi connectivity index (χ0) is 26.8. The standard InChI is InChI=1S/C26H32N4O6S/c1-18(15-19-11-7-5-8-12-19)26(4,23(31)32)22-16-21(35-25(2,3)36-22)17-37(33,34)24-27-28-29-30(24)20-13-9-6-10-14-20/h5-14,18,21-22H,15-17H2,1-4H3,(H,31,32)/t18?,21-,22+,26?/m0/s1. The number of hydrogen-bond donors (Lipinski definition) is 1. The number of ether oxygens (including phenoxy) is 2. The van der Waals surface area contributed by atoms with Crippen molar-refractivity contribution in [3.8, 4) is 5.69 Å². The molecule has 11 heteroatoms. The molecule has 10 nitrogen and oxygen atoms in total. The molecule has 2 unspecified atom stereocenters. The van der Waals surface area contributed by atoms with E-state index in [9.17, 15) is 18.3 Å². The molecule has 1 N–H and O–H groups in total. The highest BCUT2D eigenvalue weighted by Gasteiger charge is 2.52. The van der Waals surface area contributed by atoms with E-state index >= 15 is 0 Å². The lowest BCUT2D eigenvalue weighted by molar-refractivity contribution is -0.315. The van der Waals surface area contributed by atoms with E-state index in [1.165, 1.54) is 4.68 Å². The number of nitrogens with zero attached hydrogens (tertiary/aromatic N) is 4. The summed E-state index contributed by atoms with van der Waals surface area (Å²) >= 11 is 0. The monoisotopic (exact) mass is 528 g/mol. The number of para-hydroxylation sites is 1. The Balaban J connectivity index is 1.60. The van der Waals surface area contributed by atoms with Crippen LogP contribution in [0.15, 0.2) is 65.8 Å². The van der Waals surface area contributed by atoms with Gasteiger partial charge in [0.2, 0.25) is 9.84 Å². The molecular formula is C26H32N4O6S. The van der Waals surface area contributed by atoms with Crippen LogP contribution in [-0.4, -0.2) is 63.4 Å². The minimum Gasteiger partial charge on any atom is -0.481 e. The van der Waals surface area contributed by atoms with Crippen LogP contribution in [0, 0.1) is 11.3 Å². The number of carbonyl (C=O) groups is 1. The highest BCUT2D eigenvalue weighted by atomic mass is 32.2. The average Bonchev–Trinajstić information content (AvgIpc) is 3.34. The van der Waals surface area contributed by atoms with E-state index in [1.807, 2.05) is 37.3 Å². The van der Waals surface area contributed by atoms with E-state index in [0.29, 0.717) is 12.1 Å². The maximum Gasteiger partial charge on any atom is 0.312 e. The maximum absolute atomic E-state index is 13.4. The first-order valence-electron chi connectivity index (χ1n) is 12.1. The number of aromatic nitrogens is 4. The van der Waals surface area contributed by atoms with E-state index in [1.54, 1.807) is 51.1 Å². The van der Waals surface area contributed by atoms with Crippen LogP contribution in [0.5, 0.6) is 0 Å². The summed E-state index contributed by atoms with van der Waals surface area (Å²) in [5.41, 5.74) is 0.218. The molecule has 0 bridgehead atoms. The van der Waals surface area contributed by atoms with Gasteiger partial charge in [0.1, 0.15) is 0 Å². The lowest BCUT2D eigenvalue weighted by atomic mass is 9.69. The summed E-state index contributed by atoms with van der Waals surface area (Å²) in [6.45, 7) is 6.87. The Morgan fingerprint density at radius 3 is 2.38 bits per heavy atom. The molecule has 0 radical (unpaired) electrons. The number of benzene rings is 2. The van der Waals surface area contributed by atoms with Crippen molar-refractivity contribution < 1.29 is 27.8 Å². The van der Waals surface area contributed by atoms with Crippen molar-refractivity contribution in [1.29, 1.82) is 0 Å². The highest BCUT2D eigenvalue weighted by molar-refractivity contribution is 7.91. The van der Waals surface area contributed by atoms with Crippen LogP contribution in [-0.2, 0) is 30.5 Å². The Bertz CT molecular complexity index is 1330. The number of sulfone groups is 1. The average molecular weight is 529 g/mol. The number of hydrogen-bond acceptors (Lipinski definition) is 8. The second-order valence-electron chi connectivity index (χ2n) is 10.2. The minimum atomic E-state index is -4.00. The molecule has 2 aromatic carbocycles. The zero-order valence-electron chi connectivity index (χ0n) is 21.3. The number of rotatable bonds is 9. The van der Waals surface area contributed by atoms with Gasteiger partial charge in [-0.2, -0.15) is 4.68 Å². The van der Waals surface area contributed by atoms with E-state index in [-0.39, 0.29) is 17.5 Å². The van der Waals surface area contributed by atoms with Gasteiger partial charge in [-0.25, -0.2) is 8.42 Å². The van der Waals surface area contributed by atoms with Crippen LogP contribution in [0.4, 0.5) is 0 Å². The molecule has 1 aliphatic rings. The summed E-state index contributed by atoms with van der Waals surface area (Å²) in [7, 11) is -4.00. The molecule has 3 aromatic rings. The van der Waals surface area contributed by atoms with Gasteiger partial charge in [-0.3, -0.25) is 4.79 Å². The Kier molecular flexibility index (Phi) is 7.50. The van der Waals surface area contributed by atoms with Crippen molar-refractivity contribution in [1.82, 2.24) is 20.2 Å². The first-order chi connectivity index (χ1) is 17.4. The van der Waals surface area contributed by atoms with Crippen molar-refractivity contribution in [3.63, 3.8) is 0 Å². The third-order valence-corrected chi connectivity index (χ3v) is 8.64. The molecule has 1 saturated heterocycles. The molecular weight excluding hydrogens is 496 g/mol. The molecule has 0 spiro atoms. The molecule has 198 valence electrons. The third kappa shape index (κ3) is 5.73. The van der Waals surface area contributed by atoms with Crippen molar-refractivity contribution in [2.45, 2.75) is 63.7 Å². The fraction of sp³-hybridized carbons (Fsp3) is 0.462. The van der Waals surface area contributed by atoms with Crippen LogP contribution >= 0.6 is 0 Å². The summed E-state index contributed by atoms with van der Waals surface area (Å²) in [4.78, 5) is 12.7. The first-order valence-corrected chi connectivity index (χ1v) is 13.8. The maximum atomic E-state index is 13.4. The van der Waals surface area contributed by atoms with Crippen molar-refractivity contribution in [2.24, 2.45) is 11.3 Å². The second-order valence-corrected chi connectivity index (χ2v) is 12.1. The lowest BCUT2D eigenvalue weighted by Crippen LogP contribution is -2.56. The second kappa shape index (κ2) is 10.3. The number of carboxylic acids is 1. The Hall–Kier alpha value is -3.15. The topological polar surface area (TPSA) is 134 Å². The van der Waals surface area contributed by atoms with Crippen LogP contribution in [0.25, 0.3) is 5.69 Å². The van der Waals surface area contributed by atoms with E-state index < -0.39 is 45.0 Å². The van der Waals surface area contributed by atoms with Gasteiger partial charge in [0.25, 0.3) is 5.16 Å². The van der Waals surface area contributed by atoms with Crippen LogP contribution in [0.1, 0.15) is 39.7 Å². The molecule has 0 amide bonds. The summed E-state index contributed by atoms with van der Waals surface area (Å²) in [5.74, 6) is -2.94. The molecule has 1 aromatic heterocycles. The van der Waals surface area contributed by atoms with Gasteiger partial charge < -0.3 is 14.6 Å². The predicted octanol–water partition coefficient (Wildman–Crippen LogP) is 3.32. The van der Waals surface area contributed by atoms with Gasteiger partial charge in [-0.05, 0) is 61.2 Å². The molecule has 4 rings (SSSR count). The fourth-order valence-corrected chi connectivity index (χ4v) is 6.25. The predicted molar refractivity (Wildman–Crippen MR) is 135 cm³/mol. The largest absolute Gasteiger partial charge is 0.481 e. The van der Waals surface area contributed by atoms with Crippen LogP contribution < -0.4 is 0 Å². The molecule has 2 heterocycles. The quantitative estimate of drug-likeness (QED) is 0.444. The summed E-state index contributed by atoms with van der Waals surface area (Å²) in [6.07, 6.45) is -1.02. The summed E-state index contributed by atoms with van der Waals surface area (Å²) in [5, 5.41) is 21.2. The van der Waals surface area contributed by atoms with Gasteiger partial charge >= 0.3 is 5.97 Å². The number of carboxylic acid groups (broad SMARTS) is 1. The van der Waals surface area contributed by atoms with Gasteiger partial charge in [-0.15, -0.1) is 0 Å².